The maximum Gasteiger partial charge on any atom is 0.151 e. The maximum absolute atomic E-state index is 9.01. The quantitative estimate of drug-likeness (QED) is 0.532. The van der Waals surface area contributed by atoms with Crippen LogP contribution in [0.5, 0.6) is 0 Å². The lowest BCUT2D eigenvalue weighted by molar-refractivity contribution is 0.227. The molecule has 0 aliphatic carbocycles. The summed E-state index contributed by atoms with van der Waals surface area (Å²) in [5, 5.41) is 9.01. The van der Waals surface area contributed by atoms with E-state index in [0.29, 0.717) is 18.1 Å². The second kappa shape index (κ2) is 7.17. The summed E-state index contributed by atoms with van der Waals surface area (Å²) in [5.74, 6) is 0.759. The number of nitrogens with two attached hydrogens (primary N) is 1. The highest BCUT2D eigenvalue weighted by Crippen LogP contribution is 2.06. The Morgan fingerprint density at radius 1 is 1.47 bits per heavy atom. The van der Waals surface area contributed by atoms with Gasteiger partial charge in [0.25, 0.3) is 0 Å². The number of hydrogen-bond donors (Lipinski definition) is 2. The largest absolute Gasteiger partial charge is 0.402 e. The van der Waals surface area contributed by atoms with E-state index in [0.717, 1.165) is 12.0 Å². The predicted octanol–water partition coefficient (Wildman–Crippen LogP) is 1.36. The van der Waals surface area contributed by atoms with Gasteiger partial charge in [0.1, 0.15) is 0 Å². The summed E-state index contributed by atoms with van der Waals surface area (Å²) in [6.45, 7) is 9.86. The average Bonchev–Trinajstić information content (AvgIpc) is 2.24. The first-order valence-electron chi connectivity index (χ1n) is 5.12. The summed E-state index contributed by atoms with van der Waals surface area (Å²) in [7, 11) is 0. The normalized spacial score (nSPS) is 15.9. The maximum atomic E-state index is 9.01. The van der Waals surface area contributed by atoms with Gasteiger partial charge in [0.05, 0.1) is 0 Å². The SMILES string of the molecule is C=NC(=NC[C@H](CC)CO)C(C)=C(C)N. The highest BCUT2D eigenvalue weighted by atomic mass is 16.3. The van der Waals surface area contributed by atoms with Crippen LogP contribution in [-0.2, 0) is 0 Å². The van der Waals surface area contributed by atoms with Crippen LogP contribution in [0.2, 0.25) is 0 Å². The molecule has 0 unspecified atom stereocenters. The molecule has 86 valence electrons. The molecule has 0 fully saturated rings. The predicted molar refractivity (Wildman–Crippen MR) is 65.3 cm³/mol. The van der Waals surface area contributed by atoms with Gasteiger partial charge in [0.15, 0.2) is 5.84 Å². The van der Waals surface area contributed by atoms with E-state index in [2.05, 4.69) is 16.7 Å². The van der Waals surface area contributed by atoms with E-state index >= 15 is 0 Å². The Balaban J connectivity index is 4.62. The van der Waals surface area contributed by atoms with E-state index in [1.54, 1.807) is 6.92 Å². The molecule has 0 aromatic rings. The Kier molecular flexibility index (Phi) is 6.62. The van der Waals surface area contributed by atoms with E-state index < -0.39 is 0 Å². The van der Waals surface area contributed by atoms with Crippen molar-refractivity contribution in [2.45, 2.75) is 27.2 Å². The van der Waals surface area contributed by atoms with Gasteiger partial charge < -0.3 is 10.8 Å². The van der Waals surface area contributed by atoms with Crippen molar-refractivity contribution in [3.8, 4) is 0 Å². The lowest BCUT2D eigenvalue weighted by atomic mass is 10.1. The molecule has 4 heteroatoms. The third-order valence-corrected chi connectivity index (χ3v) is 2.41. The topological polar surface area (TPSA) is 71.0 Å². The summed E-state index contributed by atoms with van der Waals surface area (Å²) in [6, 6.07) is 0. The van der Waals surface area contributed by atoms with Gasteiger partial charge in [-0.25, -0.2) is 4.99 Å². The van der Waals surface area contributed by atoms with Gasteiger partial charge in [0.2, 0.25) is 0 Å². The monoisotopic (exact) mass is 211 g/mol. The molecule has 0 aliphatic rings. The van der Waals surface area contributed by atoms with Crippen molar-refractivity contribution in [2.75, 3.05) is 13.2 Å². The van der Waals surface area contributed by atoms with Crippen LogP contribution >= 0.6 is 0 Å². The zero-order valence-corrected chi connectivity index (χ0v) is 9.82. The molecule has 3 N–H and O–H groups in total. The van der Waals surface area contributed by atoms with E-state index in [-0.39, 0.29) is 12.5 Å². The summed E-state index contributed by atoms with van der Waals surface area (Å²) in [4.78, 5) is 8.13. The molecule has 0 saturated heterocycles. The van der Waals surface area contributed by atoms with Crippen LogP contribution in [0.1, 0.15) is 27.2 Å². The molecule has 0 aliphatic heterocycles. The molecular formula is C11H21N3O. The first kappa shape index (κ1) is 13.8. The van der Waals surface area contributed by atoms with Crippen LogP contribution in [0.4, 0.5) is 0 Å². The fraction of sp³-hybridized carbons (Fsp3) is 0.636. The molecule has 0 amide bonds. The van der Waals surface area contributed by atoms with E-state index in [9.17, 15) is 0 Å². The van der Waals surface area contributed by atoms with Crippen LogP contribution in [0.15, 0.2) is 21.3 Å². The van der Waals surface area contributed by atoms with Crippen molar-refractivity contribution < 1.29 is 5.11 Å². The fourth-order valence-corrected chi connectivity index (χ4v) is 0.995. The van der Waals surface area contributed by atoms with Crippen molar-refractivity contribution in [3.05, 3.63) is 11.3 Å². The fourth-order valence-electron chi connectivity index (χ4n) is 0.995. The molecular weight excluding hydrogens is 190 g/mol. The highest BCUT2D eigenvalue weighted by Gasteiger charge is 2.06. The third-order valence-electron chi connectivity index (χ3n) is 2.41. The molecule has 0 rings (SSSR count). The first-order valence-corrected chi connectivity index (χ1v) is 5.12. The van der Waals surface area contributed by atoms with Gasteiger partial charge in [-0.3, -0.25) is 4.99 Å². The first-order chi connectivity index (χ1) is 7.06. The molecule has 0 saturated carbocycles. The number of aliphatic imine (C=N–C) groups is 2. The van der Waals surface area contributed by atoms with Crippen LogP contribution in [-0.4, -0.2) is 30.8 Å². The van der Waals surface area contributed by atoms with E-state index in [1.165, 1.54) is 0 Å². The van der Waals surface area contributed by atoms with Crippen LogP contribution in [0, 0.1) is 5.92 Å². The van der Waals surface area contributed by atoms with Gasteiger partial charge in [0, 0.05) is 30.3 Å². The average molecular weight is 211 g/mol. The number of hydrogen-bond acceptors (Lipinski definition) is 3. The van der Waals surface area contributed by atoms with Gasteiger partial charge in [-0.1, -0.05) is 6.92 Å². The Hall–Kier alpha value is -1.16. The van der Waals surface area contributed by atoms with Gasteiger partial charge in [-0.05, 0) is 27.0 Å². The van der Waals surface area contributed by atoms with Crippen molar-refractivity contribution in [1.29, 1.82) is 0 Å². The summed E-state index contributed by atoms with van der Waals surface area (Å²) >= 11 is 0. The number of aliphatic hydroxyl groups is 1. The smallest absolute Gasteiger partial charge is 0.151 e. The molecule has 0 aromatic heterocycles. The number of allylic oxidation sites excluding steroid dienone is 1. The number of amidine groups is 1. The van der Waals surface area contributed by atoms with E-state index in [4.69, 9.17) is 10.8 Å². The highest BCUT2D eigenvalue weighted by molar-refractivity contribution is 6.00. The van der Waals surface area contributed by atoms with Gasteiger partial charge >= 0.3 is 0 Å². The molecule has 4 nitrogen and oxygen atoms in total. The number of rotatable bonds is 5. The minimum absolute atomic E-state index is 0.148. The Bertz CT molecular complexity index is 261. The molecule has 0 heterocycles. The van der Waals surface area contributed by atoms with Crippen LogP contribution in [0.3, 0.4) is 0 Å². The van der Waals surface area contributed by atoms with Crippen molar-refractivity contribution in [1.82, 2.24) is 0 Å². The van der Waals surface area contributed by atoms with Crippen molar-refractivity contribution in [3.63, 3.8) is 0 Å². The minimum atomic E-state index is 0.148. The van der Waals surface area contributed by atoms with Crippen molar-refractivity contribution >= 4 is 12.6 Å². The van der Waals surface area contributed by atoms with Gasteiger partial charge in [-0.2, -0.15) is 0 Å². The molecule has 0 spiro atoms. The summed E-state index contributed by atoms with van der Waals surface area (Å²) in [6.07, 6.45) is 0.898. The summed E-state index contributed by atoms with van der Waals surface area (Å²) in [5.41, 5.74) is 7.18. The second-order valence-electron chi connectivity index (χ2n) is 3.59. The Morgan fingerprint density at radius 2 is 2.07 bits per heavy atom. The lowest BCUT2D eigenvalue weighted by Gasteiger charge is -2.09. The number of nitrogens with zero attached hydrogens (tertiary/aromatic N) is 2. The van der Waals surface area contributed by atoms with Crippen molar-refractivity contribution in [2.24, 2.45) is 21.6 Å². The van der Waals surface area contributed by atoms with E-state index in [1.807, 2.05) is 13.8 Å². The molecule has 0 radical (unpaired) electrons. The molecule has 0 aromatic carbocycles. The van der Waals surface area contributed by atoms with Gasteiger partial charge in [-0.15, -0.1) is 0 Å². The van der Waals surface area contributed by atoms with Crippen LogP contribution in [0.25, 0.3) is 0 Å². The zero-order chi connectivity index (χ0) is 11.8. The Morgan fingerprint density at radius 3 is 2.40 bits per heavy atom. The third kappa shape index (κ3) is 4.74. The minimum Gasteiger partial charge on any atom is -0.402 e. The summed E-state index contributed by atoms with van der Waals surface area (Å²) < 4.78 is 0. The molecule has 1 atom stereocenters. The molecule has 15 heavy (non-hydrogen) atoms. The Labute approximate surface area is 91.6 Å². The number of aliphatic hydroxyl groups excluding tert-OH is 1. The molecule has 0 bridgehead atoms. The lowest BCUT2D eigenvalue weighted by Crippen LogP contribution is -2.11. The zero-order valence-electron chi connectivity index (χ0n) is 9.82. The standard InChI is InChI=1S/C11H21N3O/c1-5-10(7-15)6-14-11(13-4)8(2)9(3)12/h10,15H,4-7,12H2,1-3H3/t10-/m0/s1. The van der Waals surface area contributed by atoms with Crippen LogP contribution < -0.4 is 5.73 Å². The second-order valence-corrected chi connectivity index (χ2v) is 3.59.